The molecule has 3 nitrogen and oxygen atoms in total. The fraction of sp³-hybridized carbons (Fsp3) is 0.739. The molecular formula is C23H40F3NO2. The fourth-order valence-electron chi connectivity index (χ4n) is 3.70. The smallest absolute Gasteiger partial charge is 0.165 e. The summed E-state index contributed by atoms with van der Waals surface area (Å²) in [4.78, 5) is 0. The number of unbranched alkanes of at least 4 members (excludes halogenated alkanes) is 4. The first kappa shape index (κ1) is 27.7. The van der Waals surface area contributed by atoms with E-state index in [1.165, 1.54) is 19.3 Å². The average Bonchev–Trinajstić information content (AvgIpc) is 2.97. The molecule has 2 unspecified atom stereocenters. The van der Waals surface area contributed by atoms with Crippen LogP contribution in [0, 0.1) is 5.82 Å². The molecule has 0 bridgehead atoms. The molecule has 1 fully saturated rings. The van der Waals surface area contributed by atoms with Crippen molar-refractivity contribution in [3.05, 3.63) is 29.6 Å². The van der Waals surface area contributed by atoms with E-state index >= 15 is 0 Å². The van der Waals surface area contributed by atoms with Gasteiger partial charge in [0, 0.05) is 5.54 Å². The van der Waals surface area contributed by atoms with E-state index < -0.39 is 5.54 Å². The molecule has 1 aliphatic rings. The first-order chi connectivity index (χ1) is 14.1. The molecule has 0 amide bonds. The topological polar surface area (TPSA) is 55.5 Å². The van der Waals surface area contributed by atoms with Gasteiger partial charge in [0.25, 0.3) is 0 Å². The summed E-state index contributed by atoms with van der Waals surface area (Å²) in [5, 5.41) is 9.46. The highest BCUT2D eigenvalue weighted by Gasteiger charge is 2.29. The van der Waals surface area contributed by atoms with Crippen LogP contribution in [0.1, 0.15) is 82.6 Å². The maximum atomic E-state index is 14.4. The number of hydrogen-bond donors (Lipinski definition) is 2. The van der Waals surface area contributed by atoms with Crippen molar-refractivity contribution in [2.24, 2.45) is 5.73 Å². The van der Waals surface area contributed by atoms with Gasteiger partial charge >= 0.3 is 0 Å². The molecule has 2 rings (SSSR count). The number of ether oxygens (including phenoxy) is 1. The number of hydrogen-bond acceptors (Lipinski definition) is 3. The molecule has 0 aliphatic heterocycles. The van der Waals surface area contributed by atoms with Crippen LogP contribution < -0.4 is 10.5 Å². The number of alkyl halides is 2. The molecule has 1 aromatic carbocycles. The normalized spacial score (nSPS) is 21.2. The van der Waals surface area contributed by atoms with E-state index in [-0.39, 0.29) is 12.4 Å². The van der Waals surface area contributed by atoms with E-state index in [4.69, 9.17) is 10.5 Å². The Morgan fingerprint density at radius 3 is 2.38 bits per heavy atom. The van der Waals surface area contributed by atoms with Crippen molar-refractivity contribution in [3.63, 3.8) is 0 Å². The Labute approximate surface area is 174 Å². The Balaban J connectivity index is 0.00000184. The first-order valence-corrected chi connectivity index (χ1v) is 10.7. The summed E-state index contributed by atoms with van der Waals surface area (Å²) in [6, 6.07) is 5.38. The molecule has 1 saturated carbocycles. The van der Waals surface area contributed by atoms with Crippen LogP contribution in [0.15, 0.2) is 18.2 Å². The number of halogens is 3. The minimum absolute atomic E-state index is 0.0269. The monoisotopic (exact) mass is 419 g/mol. The maximum absolute atomic E-state index is 14.4. The van der Waals surface area contributed by atoms with E-state index in [1.807, 2.05) is 6.07 Å². The van der Waals surface area contributed by atoms with Crippen molar-refractivity contribution in [2.45, 2.75) is 82.6 Å². The molecule has 0 spiro atoms. The summed E-state index contributed by atoms with van der Waals surface area (Å²) in [6.45, 7) is 2.80. The second-order valence-corrected chi connectivity index (χ2v) is 7.60. The zero-order valence-electron chi connectivity index (χ0n) is 18.4. The molecule has 2 atom stereocenters. The minimum Gasteiger partial charge on any atom is -0.491 e. The van der Waals surface area contributed by atoms with Gasteiger partial charge in [-0.3, -0.25) is 8.78 Å². The number of benzene rings is 1. The highest BCUT2D eigenvalue weighted by molar-refractivity contribution is 5.31. The summed E-state index contributed by atoms with van der Waals surface area (Å²) in [5.41, 5.74) is 6.77. The summed E-state index contributed by atoms with van der Waals surface area (Å²) in [5.74, 6) is 0.405. The third-order valence-electron chi connectivity index (χ3n) is 5.47. The molecule has 3 N–H and O–H groups in total. The number of aliphatic hydroxyl groups is 1. The van der Waals surface area contributed by atoms with Crippen LogP contribution in [-0.4, -0.2) is 38.2 Å². The van der Waals surface area contributed by atoms with Crippen LogP contribution in [0.2, 0.25) is 0 Å². The number of rotatable bonds is 9. The van der Waals surface area contributed by atoms with Crippen molar-refractivity contribution in [1.82, 2.24) is 0 Å². The molecule has 1 aromatic rings. The lowest BCUT2D eigenvalue weighted by Crippen LogP contribution is -2.42. The van der Waals surface area contributed by atoms with Gasteiger partial charge in [-0.05, 0) is 55.7 Å². The van der Waals surface area contributed by atoms with E-state index in [0.29, 0.717) is 32.6 Å². The number of nitrogens with two attached hydrogens (primary N) is 1. The Morgan fingerprint density at radius 2 is 1.76 bits per heavy atom. The van der Waals surface area contributed by atoms with Gasteiger partial charge < -0.3 is 15.6 Å². The van der Waals surface area contributed by atoms with Gasteiger partial charge in [0.2, 0.25) is 0 Å². The van der Waals surface area contributed by atoms with Gasteiger partial charge in [0.15, 0.2) is 11.6 Å². The van der Waals surface area contributed by atoms with Crippen molar-refractivity contribution in [3.8, 4) is 5.75 Å². The Morgan fingerprint density at radius 1 is 1.07 bits per heavy atom. The van der Waals surface area contributed by atoms with Crippen molar-refractivity contribution < 1.29 is 23.0 Å². The number of aliphatic hydroxyl groups excluding tert-OH is 1. The van der Waals surface area contributed by atoms with E-state index in [1.54, 1.807) is 12.1 Å². The molecule has 0 aromatic heterocycles. The third kappa shape index (κ3) is 10.4. The Kier molecular flexibility index (Phi) is 15.8. The molecule has 0 radical (unpaired) electrons. The van der Waals surface area contributed by atoms with Crippen LogP contribution in [-0.2, 0) is 0 Å². The average molecular weight is 420 g/mol. The van der Waals surface area contributed by atoms with Crippen LogP contribution in [0.5, 0.6) is 5.75 Å². The quantitative estimate of drug-likeness (QED) is 0.376. The predicted molar refractivity (Wildman–Crippen MR) is 115 cm³/mol. The molecule has 0 saturated heterocycles. The predicted octanol–water partition coefficient (Wildman–Crippen LogP) is 6.08. The van der Waals surface area contributed by atoms with Gasteiger partial charge in [-0.15, -0.1) is 0 Å². The summed E-state index contributed by atoms with van der Waals surface area (Å²) < 4.78 is 39.0. The van der Waals surface area contributed by atoms with E-state index in [9.17, 15) is 18.3 Å². The standard InChI is InChI=1S/C21H34FNO2.2CH3F/c1-2-3-4-5-6-14-25-20-10-9-18(15-19(20)22)17-8-7-12-21(23,16-24)13-11-17;2*1-2/h9-10,15,17,24H,2-8,11-14,16,23H2,1H3;2*1H3. The summed E-state index contributed by atoms with van der Waals surface area (Å²) >= 11 is 0. The molecule has 1 aliphatic carbocycles. The highest BCUT2D eigenvalue weighted by atomic mass is 19.1. The SMILES string of the molecule is CCCCCCCOc1ccc(C2CCCC(N)(CO)CC2)cc1F.CF.CF. The maximum Gasteiger partial charge on any atom is 0.165 e. The minimum atomic E-state index is -0.464. The first-order valence-electron chi connectivity index (χ1n) is 10.7. The van der Waals surface area contributed by atoms with E-state index in [2.05, 4.69) is 6.92 Å². The second-order valence-electron chi connectivity index (χ2n) is 7.60. The van der Waals surface area contributed by atoms with Gasteiger partial charge in [-0.25, -0.2) is 4.39 Å². The largest absolute Gasteiger partial charge is 0.491 e. The summed E-state index contributed by atoms with van der Waals surface area (Å²) in [6.07, 6.45) is 10.3. The van der Waals surface area contributed by atoms with Crippen LogP contribution >= 0.6 is 0 Å². The third-order valence-corrected chi connectivity index (χ3v) is 5.47. The Bertz CT molecular complexity index is 531. The van der Waals surface area contributed by atoms with Crippen LogP contribution in [0.3, 0.4) is 0 Å². The zero-order chi connectivity index (χ0) is 22.1. The molecule has 6 heteroatoms. The van der Waals surface area contributed by atoms with Crippen LogP contribution in [0.4, 0.5) is 13.2 Å². The molecule has 0 heterocycles. The lowest BCUT2D eigenvalue weighted by molar-refractivity contribution is 0.180. The van der Waals surface area contributed by atoms with Gasteiger partial charge in [-0.2, -0.15) is 0 Å². The lowest BCUT2D eigenvalue weighted by Gasteiger charge is -2.25. The molecule has 29 heavy (non-hydrogen) atoms. The van der Waals surface area contributed by atoms with Crippen molar-refractivity contribution in [1.29, 1.82) is 0 Å². The van der Waals surface area contributed by atoms with Gasteiger partial charge in [-0.1, -0.05) is 45.1 Å². The van der Waals surface area contributed by atoms with E-state index in [0.717, 1.165) is 50.5 Å². The second kappa shape index (κ2) is 16.5. The highest BCUT2D eigenvalue weighted by Crippen LogP contribution is 2.36. The lowest BCUT2D eigenvalue weighted by atomic mass is 9.89. The van der Waals surface area contributed by atoms with Gasteiger partial charge in [0.1, 0.15) is 0 Å². The van der Waals surface area contributed by atoms with Crippen LogP contribution in [0.25, 0.3) is 0 Å². The van der Waals surface area contributed by atoms with Gasteiger partial charge in [0.05, 0.1) is 27.6 Å². The molecule has 170 valence electrons. The van der Waals surface area contributed by atoms with Crippen molar-refractivity contribution in [2.75, 3.05) is 27.6 Å². The molecular weight excluding hydrogens is 379 g/mol. The summed E-state index contributed by atoms with van der Waals surface area (Å²) in [7, 11) is 1.00. The Hall–Kier alpha value is -1.27. The fourth-order valence-corrected chi connectivity index (χ4v) is 3.70. The van der Waals surface area contributed by atoms with Crippen molar-refractivity contribution >= 4 is 0 Å². The zero-order valence-corrected chi connectivity index (χ0v) is 18.4.